The number of carbonyl (C=O) groups is 4. The van der Waals surface area contributed by atoms with E-state index in [0.717, 1.165) is 16.7 Å². The van der Waals surface area contributed by atoms with Crippen LogP contribution in [0, 0.1) is 5.41 Å². The normalized spacial score (nSPS) is 12.8. The SMILES string of the molecule is N=C(N)NCCC[C@@H](NC(=O)[C@@H](Cc1ccc(-c2ccc(Cl)cc2)cc1)NC(=O)[C@H](N)CCCNC(N)=O)C(N)=O. The Kier molecular flexibility index (Phi) is 13.4. The maximum absolute atomic E-state index is 13.3. The number of benzene rings is 2. The summed E-state index contributed by atoms with van der Waals surface area (Å²) in [6, 6.07) is 11.1. The molecule has 0 aromatic heterocycles. The molecule has 0 saturated carbocycles. The van der Waals surface area contributed by atoms with Crippen molar-refractivity contribution in [2.75, 3.05) is 13.1 Å². The van der Waals surface area contributed by atoms with Gasteiger partial charge in [-0.15, -0.1) is 0 Å². The Morgan fingerprint density at radius 3 is 1.85 bits per heavy atom. The lowest BCUT2D eigenvalue weighted by atomic mass is 9.99. The van der Waals surface area contributed by atoms with Gasteiger partial charge in [-0.3, -0.25) is 19.8 Å². The molecule has 0 aliphatic rings. The first-order valence-corrected chi connectivity index (χ1v) is 13.5. The van der Waals surface area contributed by atoms with Crippen molar-refractivity contribution < 1.29 is 19.2 Å². The quantitative estimate of drug-likeness (QED) is 0.0740. The van der Waals surface area contributed by atoms with Crippen molar-refractivity contribution in [1.82, 2.24) is 21.3 Å². The van der Waals surface area contributed by atoms with Crippen LogP contribution in [0.5, 0.6) is 0 Å². The van der Waals surface area contributed by atoms with Gasteiger partial charge in [0.1, 0.15) is 12.1 Å². The summed E-state index contributed by atoms with van der Waals surface area (Å²) in [6.07, 6.45) is 1.36. The second-order valence-corrected chi connectivity index (χ2v) is 9.89. The average Bonchev–Trinajstić information content (AvgIpc) is 2.92. The van der Waals surface area contributed by atoms with Gasteiger partial charge >= 0.3 is 6.03 Å². The Bertz CT molecular complexity index is 1190. The van der Waals surface area contributed by atoms with Crippen LogP contribution in [0.25, 0.3) is 11.1 Å². The minimum absolute atomic E-state index is 0.117. The number of primary amides is 2. The third-order valence-corrected chi connectivity index (χ3v) is 6.43. The van der Waals surface area contributed by atoms with Gasteiger partial charge in [0.2, 0.25) is 17.7 Å². The molecule has 13 N–H and O–H groups in total. The molecule has 0 spiro atoms. The second kappa shape index (κ2) is 16.7. The van der Waals surface area contributed by atoms with Crippen LogP contribution in [0.3, 0.4) is 0 Å². The fourth-order valence-electron chi connectivity index (χ4n) is 3.95. The number of hydrogen-bond donors (Lipinski definition) is 9. The number of nitrogens with two attached hydrogens (primary N) is 4. The molecule has 14 heteroatoms. The van der Waals surface area contributed by atoms with E-state index >= 15 is 0 Å². The summed E-state index contributed by atoms with van der Waals surface area (Å²) in [4.78, 5) is 49.0. The molecule has 13 nitrogen and oxygen atoms in total. The number of nitrogens with one attached hydrogen (secondary N) is 5. The van der Waals surface area contributed by atoms with E-state index in [1.807, 2.05) is 36.4 Å². The van der Waals surface area contributed by atoms with Crippen molar-refractivity contribution in [3.05, 3.63) is 59.1 Å². The Hall–Kier alpha value is -4.36. The highest BCUT2D eigenvalue weighted by Crippen LogP contribution is 2.22. The molecule has 0 aliphatic carbocycles. The Labute approximate surface area is 243 Å². The van der Waals surface area contributed by atoms with Gasteiger partial charge in [0, 0.05) is 24.5 Å². The first-order valence-electron chi connectivity index (χ1n) is 13.1. The zero-order valence-corrected chi connectivity index (χ0v) is 23.4. The molecule has 0 heterocycles. The van der Waals surface area contributed by atoms with Crippen LogP contribution < -0.4 is 44.2 Å². The Morgan fingerprint density at radius 2 is 1.29 bits per heavy atom. The fourth-order valence-corrected chi connectivity index (χ4v) is 4.08. The maximum Gasteiger partial charge on any atom is 0.312 e. The van der Waals surface area contributed by atoms with Gasteiger partial charge in [-0.05, 0) is 54.5 Å². The zero-order chi connectivity index (χ0) is 30.4. The van der Waals surface area contributed by atoms with E-state index in [-0.39, 0.29) is 31.8 Å². The molecule has 0 bridgehead atoms. The Morgan fingerprint density at radius 1 is 0.756 bits per heavy atom. The van der Waals surface area contributed by atoms with Gasteiger partial charge in [0.15, 0.2) is 5.96 Å². The fraction of sp³-hybridized carbons (Fsp3) is 0.370. The molecule has 0 unspecified atom stereocenters. The lowest BCUT2D eigenvalue weighted by Crippen LogP contribution is -2.56. The highest BCUT2D eigenvalue weighted by Gasteiger charge is 2.27. The number of guanidine groups is 1. The number of amides is 5. The van der Waals surface area contributed by atoms with Crippen molar-refractivity contribution in [2.24, 2.45) is 22.9 Å². The van der Waals surface area contributed by atoms with Crippen LogP contribution >= 0.6 is 11.6 Å². The number of halogens is 1. The lowest BCUT2D eigenvalue weighted by molar-refractivity contribution is -0.131. The first kappa shape index (κ1) is 32.8. The van der Waals surface area contributed by atoms with E-state index in [4.69, 9.17) is 39.9 Å². The predicted molar refractivity (Wildman–Crippen MR) is 158 cm³/mol. The molecule has 0 saturated heterocycles. The molecule has 0 radical (unpaired) electrons. The van der Waals surface area contributed by atoms with Gasteiger partial charge in [-0.2, -0.15) is 0 Å². The highest BCUT2D eigenvalue weighted by atomic mass is 35.5. The molecule has 3 atom stereocenters. The largest absolute Gasteiger partial charge is 0.370 e. The topological polar surface area (TPSA) is 244 Å². The number of urea groups is 1. The molecule has 5 amide bonds. The van der Waals surface area contributed by atoms with Gasteiger partial charge in [-0.25, -0.2) is 4.79 Å². The van der Waals surface area contributed by atoms with E-state index in [1.54, 1.807) is 12.1 Å². The van der Waals surface area contributed by atoms with Crippen LogP contribution in [0.1, 0.15) is 31.2 Å². The summed E-state index contributed by atoms with van der Waals surface area (Å²) < 4.78 is 0. The van der Waals surface area contributed by atoms with Crippen molar-refractivity contribution in [2.45, 2.75) is 50.2 Å². The van der Waals surface area contributed by atoms with Crippen LogP contribution in [-0.4, -0.2) is 60.9 Å². The predicted octanol–water partition coefficient (Wildman–Crippen LogP) is 0.0435. The summed E-state index contributed by atoms with van der Waals surface area (Å²) in [5.41, 5.74) is 24.5. The van der Waals surface area contributed by atoms with E-state index in [0.29, 0.717) is 24.4 Å². The second-order valence-electron chi connectivity index (χ2n) is 9.46. The van der Waals surface area contributed by atoms with E-state index in [2.05, 4.69) is 21.3 Å². The van der Waals surface area contributed by atoms with Gasteiger partial charge in [0.05, 0.1) is 6.04 Å². The summed E-state index contributed by atoms with van der Waals surface area (Å²) in [5, 5.41) is 18.2. The standard InChI is InChI=1S/C27H38ClN9O4/c28-19-11-9-18(10-12-19)17-7-5-16(6-8-17)15-22(37-24(39)20(29)3-1-14-35-27(33)41)25(40)36-21(23(30)38)4-2-13-34-26(31)32/h5-12,20-22H,1-4,13-15,29H2,(H2,30,38)(H,36,40)(H,37,39)(H4,31,32,34)(H3,33,35,41)/t20-,21-,22-/m1/s1. The Balaban J connectivity index is 2.14. The van der Waals surface area contributed by atoms with Gasteiger partial charge in [-0.1, -0.05) is 48.0 Å². The van der Waals surface area contributed by atoms with Crippen LogP contribution in [0.4, 0.5) is 4.79 Å². The molecule has 222 valence electrons. The molecular formula is C27H38ClN9O4. The molecular weight excluding hydrogens is 550 g/mol. The van der Waals surface area contributed by atoms with Gasteiger partial charge < -0.3 is 44.2 Å². The van der Waals surface area contributed by atoms with Crippen molar-refractivity contribution in [3.63, 3.8) is 0 Å². The molecule has 2 rings (SSSR count). The van der Waals surface area contributed by atoms with Gasteiger partial charge in [0.25, 0.3) is 0 Å². The third kappa shape index (κ3) is 12.1. The summed E-state index contributed by atoms with van der Waals surface area (Å²) in [5.74, 6) is -2.12. The minimum Gasteiger partial charge on any atom is -0.370 e. The summed E-state index contributed by atoms with van der Waals surface area (Å²) in [6.45, 7) is 0.563. The monoisotopic (exact) mass is 587 g/mol. The lowest BCUT2D eigenvalue weighted by Gasteiger charge is -2.23. The van der Waals surface area contributed by atoms with Crippen LogP contribution in [-0.2, 0) is 20.8 Å². The first-order chi connectivity index (χ1) is 19.5. The van der Waals surface area contributed by atoms with Crippen molar-refractivity contribution in [1.29, 1.82) is 5.41 Å². The number of hydrogen-bond acceptors (Lipinski definition) is 6. The number of rotatable bonds is 16. The minimum atomic E-state index is -1.06. The zero-order valence-electron chi connectivity index (χ0n) is 22.6. The molecule has 0 fully saturated rings. The van der Waals surface area contributed by atoms with Crippen molar-refractivity contribution in [3.8, 4) is 11.1 Å². The maximum atomic E-state index is 13.3. The van der Waals surface area contributed by atoms with Crippen molar-refractivity contribution >= 4 is 41.3 Å². The van der Waals surface area contributed by atoms with E-state index in [9.17, 15) is 19.2 Å². The average molecular weight is 588 g/mol. The number of carbonyl (C=O) groups excluding carboxylic acids is 4. The highest BCUT2D eigenvalue weighted by molar-refractivity contribution is 6.30. The van der Waals surface area contributed by atoms with E-state index in [1.165, 1.54) is 0 Å². The van der Waals surface area contributed by atoms with Crippen LogP contribution in [0.2, 0.25) is 5.02 Å². The third-order valence-electron chi connectivity index (χ3n) is 6.18. The molecule has 2 aromatic rings. The smallest absolute Gasteiger partial charge is 0.312 e. The summed E-state index contributed by atoms with van der Waals surface area (Å²) >= 11 is 5.98. The molecule has 0 aliphatic heterocycles. The van der Waals surface area contributed by atoms with Crippen LogP contribution in [0.15, 0.2) is 48.5 Å². The molecule has 2 aromatic carbocycles. The molecule has 41 heavy (non-hydrogen) atoms. The van der Waals surface area contributed by atoms with E-state index < -0.39 is 41.9 Å². The summed E-state index contributed by atoms with van der Waals surface area (Å²) in [7, 11) is 0.